The molecule has 0 atom stereocenters. The molecule has 9 nitrogen and oxygen atoms in total. The molecular formula is C23H19FN4O5S3. The molecule has 0 fully saturated rings. The first-order valence-corrected chi connectivity index (χ1v) is 13.0. The van der Waals surface area contributed by atoms with Crippen LogP contribution in [0.25, 0.3) is 10.2 Å². The fourth-order valence-electron chi connectivity index (χ4n) is 3.15. The van der Waals surface area contributed by atoms with E-state index in [9.17, 15) is 17.6 Å². The molecule has 3 N–H and O–H groups in total. The van der Waals surface area contributed by atoms with E-state index in [1.165, 1.54) is 37.6 Å². The second-order valence-corrected chi connectivity index (χ2v) is 10.6. The minimum absolute atomic E-state index is 0.0248. The Bertz CT molecular complexity index is 1530. The van der Waals surface area contributed by atoms with Crippen molar-refractivity contribution in [1.82, 2.24) is 15.2 Å². The highest BCUT2D eigenvalue weighted by Crippen LogP contribution is 2.37. The van der Waals surface area contributed by atoms with Crippen molar-refractivity contribution in [2.45, 2.75) is 10.6 Å². The minimum atomic E-state index is -3.89. The monoisotopic (exact) mass is 546 g/mol. The van der Waals surface area contributed by atoms with Crippen molar-refractivity contribution >= 4 is 60.5 Å². The molecule has 0 bridgehead atoms. The lowest BCUT2D eigenvalue weighted by Gasteiger charge is -2.12. The fraction of sp³-hybridized carbons (Fsp3) is 0.0870. The predicted molar refractivity (Wildman–Crippen MR) is 138 cm³/mol. The van der Waals surface area contributed by atoms with E-state index < -0.39 is 15.8 Å². The molecule has 0 aliphatic carbocycles. The zero-order valence-corrected chi connectivity index (χ0v) is 21.1. The van der Waals surface area contributed by atoms with Crippen LogP contribution in [-0.2, 0) is 26.1 Å². The average Bonchev–Trinajstić information content (AvgIpc) is 3.28. The molecule has 13 heteroatoms. The molecule has 0 aliphatic heterocycles. The number of hydrogen-bond donors (Lipinski definition) is 3. The lowest BCUT2D eigenvalue weighted by atomic mass is 10.1. The normalized spacial score (nSPS) is 11.3. The van der Waals surface area contributed by atoms with Crippen molar-refractivity contribution in [2.24, 2.45) is 0 Å². The smallest absolute Gasteiger partial charge is 0.272 e. The number of benzene rings is 2. The third-order valence-electron chi connectivity index (χ3n) is 4.68. The van der Waals surface area contributed by atoms with Crippen molar-refractivity contribution in [2.75, 3.05) is 12.4 Å². The Balaban J connectivity index is 1.44. The fourth-order valence-corrected chi connectivity index (χ4v) is 5.54. The van der Waals surface area contributed by atoms with Crippen LogP contribution in [0.3, 0.4) is 0 Å². The number of halogens is 1. The molecule has 0 saturated carbocycles. The number of anilines is 1. The third-order valence-corrected chi connectivity index (χ3v) is 7.76. The SMILES string of the molecule is CONS(=O)(=O)c1cc2nccc(Oc3ccc(NC(=S)NC(=O)Cc4ccccc4)cc3F)c2s1. The molecule has 0 aliphatic rings. The maximum atomic E-state index is 14.8. The van der Waals surface area contributed by atoms with Gasteiger partial charge in [-0.15, -0.1) is 11.3 Å². The van der Waals surface area contributed by atoms with Crippen molar-refractivity contribution in [3.8, 4) is 11.5 Å². The first-order valence-electron chi connectivity index (χ1n) is 10.3. The summed E-state index contributed by atoms with van der Waals surface area (Å²) in [5.41, 5.74) is 1.50. The summed E-state index contributed by atoms with van der Waals surface area (Å²) in [6.45, 7) is 0. The summed E-state index contributed by atoms with van der Waals surface area (Å²) in [6, 6.07) is 16.1. The number of fused-ring (bicyclic) bond motifs is 1. The van der Waals surface area contributed by atoms with Gasteiger partial charge in [-0.3, -0.25) is 14.6 Å². The molecule has 2 aromatic carbocycles. The highest BCUT2D eigenvalue weighted by molar-refractivity contribution is 7.91. The number of pyridine rings is 1. The van der Waals surface area contributed by atoms with E-state index in [2.05, 4.69) is 20.5 Å². The first-order chi connectivity index (χ1) is 17.2. The van der Waals surface area contributed by atoms with Crippen LogP contribution in [-0.4, -0.2) is 31.5 Å². The summed E-state index contributed by atoms with van der Waals surface area (Å²) in [7, 11) is -2.70. The Morgan fingerprint density at radius 2 is 1.89 bits per heavy atom. The van der Waals surface area contributed by atoms with Gasteiger partial charge in [0.25, 0.3) is 10.0 Å². The zero-order valence-electron chi connectivity index (χ0n) is 18.6. The lowest BCUT2D eigenvalue weighted by Crippen LogP contribution is -2.35. The Labute approximate surface area is 215 Å². The second-order valence-electron chi connectivity index (χ2n) is 7.29. The van der Waals surface area contributed by atoms with Crippen LogP contribution < -0.4 is 20.3 Å². The van der Waals surface area contributed by atoms with Crippen LogP contribution >= 0.6 is 23.6 Å². The van der Waals surface area contributed by atoms with Gasteiger partial charge in [0.2, 0.25) is 5.91 Å². The van der Waals surface area contributed by atoms with E-state index in [4.69, 9.17) is 17.0 Å². The molecule has 4 rings (SSSR count). The third kappa shape index (κ3) is 6.19. The number of rotatable bonds is 8. The van der Waals surface area contributed by atoms with Gasteiger partial charge in [0.05, 0.1) is 23.7 Å². The van der Waals surface area contributed by atoms with Crippen molar-refractivity contribution in [1.29, 1.82) is 0 Å². The molecule has 0 saturated heterocycles. The number of nitrogens with one attached hydrogen (secondary N) is 3. The molecule has 0 radical (unpaired) electrons. The summed E-state index contributed by atoms with van der Waals surface area (Å²) in [5, 5.41) is 5.34. The molecule has 1 amide bonds. The first kappa shape index (κ1) is 25.6. The molecule has 0 spiro atoms. The molecule has 4 aromatic rings. The van der Waals surface area contributed by atoms with Crippen molar-refractivity contribution in [3.63, 3.8) is 0 Å². The van der Waals surface area contributed by atoms with Crippen LogP contribution in [0.1, 0.15) is 5.56 Å². The van der Waals surface area contributed by atoms with Gasteiger partial charge in [-0.2, -0.15) is 0 Å². The van der Waals surface area contributed by atoms with Gasteiger partial charge in [0.15, 0.2) is 16.7 Å². The van der Waals surface area contributed by atoms with Gasteiger partial charge >= 0.3 is 0 Å². The topological polar surface area (TPSA) is 119 Å². The van der Waals surface area contributed by atoms with E-state index in [0.717, 1.165) is 23.0 Å². The highest BCUT2D eigenvalue weighted by atomic mass is 32.2. The number of hydrogen-bond acceptors (Lipinski definition) is 8. The highest BCUT2D eigenvalue weighted by Gasteiger charge is 2.20. The van der Waals surface area contributed by atoms with E-state index in [1.807, 2.05) is 35.2 Å². The molecule has 2 aromatic heterocycles. The van der Waals surface area contributed by atoms with Gasteiger partial charge < -0.3 is 15.4 Å². The van der Waals surface area contributed by atoms with E-state index in [1.54, 1.807) is 0 Å². The Morgan fingerprint density at radius 1 is 1.11 bits per heavy atom. The molecule has 186 valence electrons. The summed E-state index contributed by atoms with van der Waals surface area (Å²) < 4.78 is 45.3. The number of thiocarbonyl (C=S) groups is 1. The average molecular weight is 547 g/mol. The summed E-state index contributed by atoms with van der Waals surface area (Å²) >= 11 is 6.05. The number of carbonyl (C=O) groups excluding carboxylic acids is 1. The van der Waals surface area contributed by atoms with Crippen LogP contribution in [0.15, 0.2) is 71.1 Å². The van der Waals surface area contributed by atoms with Gasteiger partial charge in [-0.1, -0.05) is 35.2 Å². The second kappa shape index (κ2) is 11.1. The van der Waals surface area contributed by atoms with Crippen LogP contribution in [0.2, 0.25) is 0 Å². The summed E-state index contributed by atoms with van der Waals surface area (Å²) in [5.74, 6) is -0.875. The Morgan fingerprint density at radius 3 is 2.61 bits per heavy atom. The Hall–Kier alpha value is -3.49. The molecular weight excluding hydrogens is 527 g/mol. The molecule has 0 unspecified atom stereocenters. The lowest BCUT2D eigenvalue weighted by molar-refractivity contribution is -0.119. The molecule has 2 heterocycles. The van der Waals surface area contributed by atoms with Crippen LogP contribution in [0.4, 0.5) is 10.1 Å². The standard InChI is InChI=1S/C23H19FN4O5S3/c1-32-28-36(30,31)21-13-17-22(35-21)19(9-10-25-17)33-18-8-7-15(12-16(18)24)26-23(34)27-20(29)11-14-5-3-2-4-6-14/h2-10,12-13,28H,11H2,1H3,(H2,26,27,29,34). The van der Waals surface area contributed by atoms with E-state index >= 15 is 0 Å². The van der Waals surface area contributed by atoms with E-state index in [-0.39, 0.29) is 33.1 Å². The largest absolute Gasteiger partial charge is 0.453 e. The number of amides is 1. The maximum Gasteiger partial charge on any atom is 0.272 e. The van der Waals surface area contributed by atoms with E-state index in [0.29, 0.717) is 15.9 Å². The number of sulfonamides is 1. The van der Waals surface area contributed by atoms with Gasteiger partial charge in [0.1, 0.15) is 9.96 Å². The van der Waals surface area contributed by atoms with Crippen molar-refractivity contribution in [3.05, 3.63) is 78.2 Å². The summed E-state index contributed by atoms with van der Waals surface area (Å²) in [6.07, 6.45) is 1.58. The minimum Gasteiger partial charge on any atom is -0.453 e. The number of carbonyl (C=O) groups is 1. The van der Waals surface area contributed by atoms with Gasteiger partial charge in [-0.05, 0) is 36.0 Å². The number of thiophene rings is 1. The van der Waals surface area contributed by atoms with Crippen LogP contribution in [0.5, 0.6) is 11.5 Å². The number of ether oxygens (including phenoxy) is 1. The zero-order chi connectivity index (χ0) is 25.7. The maximum absolute atomic E-state index is 14.8. The van der Waals surface area contributed by atoms with Crippen molar-refractivity contribution < 1.29 is 27.2 Å². The van der Waals surface area contributed by atoms with Gasteiger partial charge in [0, 0.05) is 24.0 Å². The number of nitrogens with zero attached hydrogens (tertiary/aromatic N) is 1. The Kier molecular flexibility index (Phi) is 7.86. The summed E-state index contributed by atoms with van der Waals surface area (Å²) in [4.78, 5) is 22.7. The quantitative estimate of drug-likeness (QED) is 0.223. The number of aromatic nitrogens is 1. The van der Waals surface area contributed by atoms with Gasteiger partial charge in [-0.25, -0.2) is 12.8 Å². The molecule has 36 heavy (non-hydrogen) atoms. The van der Waals surface area contributed by atoms with Crippen LogP contribution in [0, 0.1) is 5.82 Å². The predicted octanol–water partition coefficient (Wildman–Crippen LogP) is 4.12.